The van der Waals surface area contributed by atoms with Gasteiger partial charge in [0.1, 0.15) is 23.0 Å². The van der Waals surface area contributed by atoms with Crippen LogP contribution in [0.5, 0.6) is 23.0 Å². The highest BCUT2D eigenvalue weighted by atomic mass is 16.5. The average molecular weight is 741 g/mol. The number of nitrogens with zero attached hydrogens (tertiary/aromatic N) is 2. The van der Waals surface area contributed by atoms with Gasteiger partial charge in [-0.2, -0.15) is 0 Å². The van der Waals surface area contributed by atoms with Gasteiger partial charge in [0.25, 0.3) is 6.71 Å². The van der Waals surface area contributed by atoms with Gasteiger partial charge < -0.3 is 18.6 Å². The first-order valence-corrected chi connectivity index (χ1v) is 20.2. The van der Waals surface area contributed by atoms with Crippen molar-refractivity contribution >= 4 is 66.7 Å². The lowest BCUT2D eigenvalue weighted by Gasteiger charge is -2.35. The second kappa shape index (κ2) is 11.7. The van der Waals surface area contributed by atoms with Gasteiger partial charge >= 0.3 is 0 Å². The van der Waals surface area contributed by atoms with E-state index in [2.05, 4.69) is 192 Å². The maximum Gasteiger partial charge on any atom is 0.260 e. The van der Waals surface area contributed by atoms with Gasteiger partial charge in [0, 0.05) is 44.8 Å². The minimum atomic E-state index is -0.0171. The van der Waals surface area contributed by atoms with E-state index in [9.17, 15) is 0 Å². The average Bonchev–Trinajstić information content (AvgIpc) is 3.71. The molecule has 0 amide bonds. The third-order valence-electron chi connectivity index (χ3n) is 12.5. The normalized spacial score (nSPS) is 13.5. The Morgan fingerprint density at radius 1 is 0.439 bits per heavy atom. The number of benzene rings is 7. The molecule has 2 aliphatic rings. The summed E-state index contributed by atoms with van der Waals surface area (Å²) in [4.78, 5) is 0. The largest absolute Gasteiger partial charge is 0.458 e. The molecule has 0 fully saturated rings. The van der Waals surface area contributed by atoms with Gasteiger partial charge in [0.05, 0.1) is 27.8 Å². The van der Waals surface area contributed by atoms with Crippen LogP contribution in [0.25, 0.3) is 55.0 Å². The molecule has 0 spiro atoms. The Bertz CT molecular complexity index is 3040. The van der Waals surface area contributed by atoms with Gasteiger partial charge in [-0.3, -0.25) is 0 Å². The van der Waals surface area contributed by atoms with E-state index in [-0.39, 0.29) is 17.5 Å². The lowest BCUT2D eigenvalue weighted by molar-refractivity contribution is 0.463. The third kappa shape index (κ3) is 4.94. The number of para-hydroxylation sites is 3. The van der Waals surface area contributed by atoms with Crippen molar-refractivity contribution < 1.29 is 9.47 Å². The molecular weight excluding hydrogens is 695 g/mol. The molecule has 0 atom stereocenters. The molecule has 0 unspecified atom stereocenters. The zero-order chi connectivity index (χ0) is 39.1. The quantitative estimate of drug-likeness (QED) is 0.165. The van der Waals surface area contributed by atoms with Gasteiger partial charge in [-0.1, -0.05) is 120 Å². The molecule has 9 aromatic rings. The van der Waals surface area contributed by atoms with E-state index in [1.165, 1.54) is 76.8 Å². The topological polar surface area (TPSA) is 28.3 Å². The summed E-state index contributed by atoms with van der Waals surface area (Å²) in [5.74, 6) is 3.50. The molecule has 0 radical (unpaired) electrons. The Morgan fingerprint density at radius 2 is 0.947 bits per heavy atom. The Kier molecular flexibility index (Phi) is 6.98. The predicted molar refractivity (Wildman–Crippen MR) is 240 cm³/mol. The number of hydrogen-bond acceptors (Lipinski definition) is 2. The number of aromatic nitrogens is 2. The molecule has 0 aliphatic carbocycles. The standard InChI is InChI=1S/C52H45BN2O2/c1-30-14-13-17-38-39-27-34(54-42-18-11-9-15-36(42)37-16-10-12-19-43(37)54)24-31(2)50(39)55(49(30)38)35-28-46-48-47(29-35)57-45-23-21-33(52(6,7)8)26-41(45)53(48)40-25-32(51(3,4)5)20-22-44(40)56-46/h9-29H,1-8H3. The smallest absolute Gasteiger partial charge is 0.260 e. The highest BCUT2D eigenvalue weighted by molar-refractivity contribution is 6.98. The summed E-state index contributed by atoms with van der Waals surface area (Å²) in [5, 5.41) is 4.97. The van der Waals surface area contributed by atoms with Crippen LogP contribution in [0.1, 0.15) is 63.8 Å². The van der Waals surface area contributed by atoms with Crippen molar-refractivity contribution in [1.29, 1.82) is 0 Å². The lowest BCUT2D eigenvalue weighted by Crippen LogP contribution is -2.57. The fraction of sp³-hybridized carbons (Fsp3) is 0.192. The van der Waals surface area contributed by atoms with Crippen molar-refractivity contribution in [2.24, 2.45) is 0 Å². The number of rotatable bonds is 2. The predicted octanol–water partition coefficient (Wildman–Crippen LogP) is 11.8. The molecule has 0 saturated heterocycles. The molecule has 278 valence electrons. The van der Waals surface area contributed by atoms with Crippen LogP contribution < -0.4 is 25.9 Å². The first-order chi connectivity index (χ1) is 27.3. The monoisotopic (exact) mass is 740 g/mol. The Morgan fingerprint density at radius 3 is 1.51 bits per heavy atom. The van der Waals surface area contributed by atoms with Crippen LogP contribution in [0.3, 0.4) is 0 Å². The summed E-state index contributed by atoms with van der Waals surface area (Å²) in [7, 11) is 0. The lowest BCUT2D eigenvalue weighted by atomic mass is 9.34. The summed E-state index contributed by atoms with van der Waals surface area (Å²) >= 11 is 0. The molecule has 2 aromatic heterocycles. The molecular formula is C52H45BN2O2. The summed E-state index contributed by atoms with van der Waals surface area (Å²) in [5.41, 5.74) is 15.5. The molecule has 4 heterocycles. The van der Waals surface area contributed by atoms with Crippen LogP contribution in [-0.2, 0) is 10.8 Å². The summed E-state index contributed by atoms with van der Waals surface area (Å²) in [6, 6.07) is 46.9. The molecule has 11 rings (SSSR count). The SMILES string of the molecule is Cc1cccc2c3cc(-n4c5ccccc5c5ccccc54)cc(C)c3n(-c3cc4c5c(c3)Oc3ccc(C(C)(C)C)cc3B5c3cc(C(C)(C)C)ccc3O4)c12. The van der Waals surface area contributed by atoms with Crippen LogP contribution in [0.15, 0.2) is 127 Å². The van der Waals surface area contributed by atoms with Crippen LogP contribution in [0, 0.1) is 13.8 Å². The maximum absolute atomic E-state index is 6.98. The molecule has 2 aliphatic heterocycles. The first-order valence-electron chi connectivity index (χ1n) is 20.2. The van der Waals surface area contributed by atoms with Crippen molar-refractivity contribution in [3.8, 4) is 34.4 Å². The minimum Gasteiger partial charge on any atom is -0.458 e. The van der Waals surface area contributed by atoms with E-state index < -0.39 is 0 Å². The van der Waals surface area contributed by atoms with E-state index in [1.54, 1.807) is 0 Å². The summed E-state index contributed by atoms with van der Waals surface area (Å²) < 4.78 is 18.8. The molecule has 5 heteroatoms. The van der Waals surface area contributed by atoms with E-state index in [4.69, 9.17) is 9.47 Å². The van der Waals surface area contributed by atoms with Gasteiger partial charge in [0.15, 0.2) is 0 Å². The highest BCUT2D eigenvalue weighted by Crippen LogP contribution is 2.43. The van der Waals surface area contributed by atoms with Crippen LogP contribution in [0.4, 0.5) is 0 Å². The van der Waals surface area contributed by atoms with Crippen molar-refractivity contribution in [2.45, 2.75) is 66.2 Å². The fourth-order valence-electron chi connectivity index (χ4n) is 9.69. The highest BCUT2D eigenvalue weighted by Gasteiger charge is 2.42. The van der Waals surface area contributed by atoms with Crippen molar-refractivity contribution in [1.82, 2.24) is 9.13 Å². The van der Waals surface area contributed by atoms with E-state index in [1.807, 2.05) is 0 Å². The van der Waals surface area contributed by atoms with Crippen molar-refractivity contribution in [3.05, 3.63) is 150 Å². The van der Waals surface area contributed by atoms with E-state index in [0.29, 0.717) is 0 Å². The van der Waals surface area contributed by atoms with Crippen LogP contribution in [-0.4, -0.2) is 15.8 Å². The maximum atomic E-state index is 6.98. The molecule has 57 heavy (non-hydrogen) atoms. The second-order valence-electron chi connectivity index (χ2n) is 18.3. The van der Waals surface area contributed by atoms with Gasteiger partial charge in [-0.25, -0.2) is 0 Å². The van der Waals surface area contributed by atoms with Crippen LogP contribution >= 0.6 is 0 Å². The van der Waals surface area contributed by atoms with E-state index in [0.717, 1.165) is 39.8 Å². The van der Waals surface area contributed by atoms with Crippen molar-refractivity contribution in [3.63, 3.8) is 0 Å². The molecule has 7 aromatic carbocycles. The second-order valence-corrected chi connectivity index (χ2v) is 18.3. The number of hydrogen-bond donors (Lipinski definition) is 0. The van der Waals surface area contributed by atoms with Gasteiger partial charge in [-0.05, 0) is 94.3 Å². The molecule has 0 saturated carbocycles. The first kappa shape index (κ1) is 34.1. The third-order valence-corrected chi connectivity index (χ3v) is 12.5. The summed E-state index contributed by atoms with van der Waals surface area (Å²) in [6.07, 6.45) is 0. The zero-order valence-corrected chi connectivity index (χ0v) is 33.9. The Labute approximate surface area is 334 Å². The zero-order valence-electron chi connectivity index (χ0n) is 33.9. The Balaban J connectivity index is 1.17. The summed E-state index contributed by atoms with van der Waals surface area (Å²) in [6.45, 7) is 18.1. The number of ether oxygens (including phenoxy) is 2. The van der Waals surface area contributed by atoms with E-state index >= 15 is 0 Å². The minimum absolute atomic E-state index is 0.00306. The van der Waals surface area contributed by atoms with Crippen LogP contribution in [0.2, 0.25) is 0 Å². The molecule has 0 bridgehead atoms. The molecule has 4 nitrogen and oxygen atoms in total. The van der Waals surface area contributed by atoms with Gasteiger partial charge in [0.2, 0.25) is 0 Å². The number of fused-ring (bicyclic) bond motifs is 10. The van der Waals surface area contributed by atoms with Gasteiger partial charge in [-0.15, -0.1) is 0 Å². The molecule has 0 N–H and O–H groups in total. The fourth-order valence-corrected chi connectivity index (χ4v) is 9.69. The number of aryl methyl sites for hydroxylation is 2. The Hall–Kier alpha value is -6.20. The van der Waals surface area contributed by atoms with Crippen molar-refractivity contribution in [2.75, 3.05) is 0 Å².